The van der Waals surface area contributed by atoms with Crippen molar-refractivity contribution in [2.24, 2.45) is 16.9 Å². The number of urea groups is 1. The van der Waals surface area contributed by atoms with Crippen molar-refractivity contribution in [1.82, 2.24) is 19.7 Å². The van der Waals surface area contributed by atoms with Crippen molar-refractivity contribution in [2.75, 3.05) is 6.54 Å². The number of rotatable bonds is 2. The zero-order valence-electron chi connectivity index (χ0n) is 14.9. The van der Waals surface area contributed by atoms with Gasteiger partial charge in [-0.15, -0.1) is 0 Å². The van der Waals surface area contributed by atoms with Gasteiger partial charge in [0.05, 0.1) is 28.9 Å². The molecule has 3 rings (SSSR count). The number of primary amides is 2. The fourth-order valence-corrected chi connectivity index (χ4v) is 3.68. The fourth-order valence-electron chi connectivity index (χ4n) is 3.50. The molecule has 1 aliphatic heterocycles. The Labute approximate surface area is 156 Å². The minimum atomic E-state index is -0.623. The van der Waals surface area contributed by atoms with Crippen LogP contribution >= 0.6 is 11.6 Å². The molecule has 4 N–H and O–H groups in total. The third-order valence-electron chi connectivity index (χ3n) is 4.44. The summed E-state index contributed by atoms with van der Waals surface area (Å²) in [6.07, 6.45) is 3.07. The summed E-state index contributed by atoms with van der Waals surface area (Å²) < 4.78 is 1.73. The quantitative estimate of drug-likeness (QED) is 0.834. The average molecular weight is 377 g/mol. The molecule has 2 aromatic heterocycles. The number of carbonyl (C=O) groups excluding carboxylic acids is 2. The molecule has 1 unspecified atom stereocenters. The highest BCUT2D eigenvalue weighted by molar-refractivity contribution is 6.30. The summed E-state index contributed by atoms with van der Waals surface area (Å²) in [6, 6.07) is 0.691. The van der Waals surface area contributed by atoms with Gasteiger partial charge in [-0.1, -0.05) is 32.4 Å². The molecule has 1 aliphatic rings. The van der Waals surface area contributed by atoms with E-state index in [1.165, 1.54) is 6.20 Å². The van der Waals surface area contributed by atoms with Gasteiger partial charge < -0.3 is 16.4 Å². The van der Waals surface area contributed by atoms with Crippen LogP contribution in [-0.2, 0) is 6.54 Å². The molecule has 3 heterocycles. The second kappa shape index (κ2) is 6.28. The number of halogens is 1. The van der Waals surface area contributed by atoms with Crippen LogP contribution in [-0.4, -0.2) is 38.1 Å². The number of hydrogen-bond donors (Lipinski definition) is 2. The van der Waals surface area contributed by atoms with E-state index >= 15 is 0 Å². The van der Waals surface area contributed by atoms with Gasteiger partial charge in [-0.2, -0.15) is 5.10 Å². The van der Waals surface area contributed by atoms with Crippen molar-refractivity contribution in [3.05, 3.63) is 34.7 Å². The molecule has 0 fully saturated rings. The number of pyridine rings is 1. The number of hydrogen-bond acceptors (Lipinski definition) is 4. The molecule has 0 bridgehead atoms. The van der Waals surface area contributed by atoms with Crippen LogP contribution in [0, 0.1) is 5.41 Å². The lowest BCUT2D eigenvalue weighted by Gasteiger charge is -2.42. The molecule has 0 radical (unpaired) electrons. The summed E-state index contributed by atoms with van der Waals surface area (Å²) in [4.78, 5) is 30.0. The fraction of sp³-hybridized carbons (Fsp3) is 0.412. The van der Waals surface area contributed by atoms with Gasteiger partial charge >= 0.3 is 6.03 Å². The van der Waals surface area contributed by atoms with Gasteiger partial charge in [-0.05, 0) is 11.5 Å². The molecule has 2 aromatic rings. The van der Waals surface area contributed by atoms with Crippen molar-refractivity contribution < 1.29 is 9.59 Å². The molecule has 0 aromatic carbocycles. The number of nitrogens with zero attached hydrogens (tertiary/aromatic N) is 4. The van der Waals surface area contributed by atoms with Gasteiger partial charge in [0.2, 0.25) is 0 Å². The van der Waals surface area contributed by atoms with E-state index in [-0.39, 0.29) is 11.0 Å². The van der Waals surface area contributed by atoms with E-state index in [2.05, 4.69) is 10.1 Å². The minimum absolute atomic E-state index is 0.264. The monoisotopic (exact) mass is 376 g/mol. The highest BCUT2D eigenvalue weighted by Crippen LogP contribution is 2.43. The van der Waals surface area contributed by atoms with Gasteiger partial charge in [0, 0.05) is 24.5 Å². The lowest BCUT2D eigenvalue weighted by atomic mass is 9.81. The van der Waals surface area contributed by atoms with Gasteiger partial charge in [-0.25, -0.2) is 4.79 Å². The molecule has 9 heteroatoms. The highest BCUT2D eigenvalue weighted by atomic mass is 35.5. The zero-order chi connectivity index (χ0) is 19.2. The van der Waals surface area contributed by atoms with E-state index in [0.29, 0.717) is 35.1 Å². The molecule has 8 nitrogen and oxygen atoms in total. The molecular formula is C17H21ClN6O2. The lowest BCUT2D eigenvalue weighted by molar-refractivity contribution is 0.0899. The first-order valence-electron chi connectivity index (χ1n) is 8.18. The van der Waals surface area contributed by atoms with Crippen molar-refractivity contribution in [3.8, 4) is 11.3 Å². The predicted octanol–water partition coefficient (Wildman–Crippen LogP) is 2.18. The predicted molar refractivity (Wildman–Crippen MR) is 97.5 cm³/mol. The lowest BCUT2D eigenvalue weighted by Crippen LogP contribution is -2.49. The molecule has 0 spiro atoms. The van der Waals surface area contributed by atoms with Crippen LogP contribution in [0.1, 0.15) is 42.9 Å². The van der Waals surface area contributed by atoms with Gasteiger partial charge in [0.1, 0.15) is 5.69 Å². The van der Waals surface area contributed by atoms with Crippen LogP contribution in [0.2, 0.25) is 5.02 Å². The van der Waals surface area contributed by atoms with Crippen molar-refractivity contribution in [1.29, 1.82) is 0 Å². The second-order valence-electron chi connectivity index (χ2n) is 7.39. The molecule has 0 saturated carbocycles. The molecule has 3 amide bonds. The number of aromatic nitrogens is 3. The summed E-state index contributed by atoms with van der Waals surface area (Å²) in [5.41, 5.74) is 12.8. The van der Waals surface area contributed by atoms with Crippen LogP contribution in [0.25, 0.3) is 11.3 Å². The average Bonchev–Trinajstić information content (AvgIpc) is 2.92. The zero-order valence-corrected chi connectivity index (χ0v) is 15.6. The Bertz CT molecular complexity index is 886. The van der Waals surface area contributed by atoms with Crippen LogP contribution in [0.15, 0.2) is 18.5 Å². The van der Waals surface area contributed by atoms with E-state index in [1.54, 1.807) is 21.8 Å². The number of nitrogens with two attached hydrogens (primary N) is 2. The third kappa shape index (κ3) is 3.01. The van der Waals surface area contributed by atoms with E-state index < -0.39 is 18.0 Å². The van der Waals surface area contributed by atoms with Crippen LogP contribution in [0.4, 0.5) is 4.79 Å². The third-order valence-corrected chi connectivity index (χ3v) is 4.65. The Kier molecular flexibility index (Phi) is 4.39. The first-order chi connectivity index (χ1) is 12.1. The maximum absolute atomic E-state index is 12.3. The summed E-state index contributed by atoms with van der Waals surface area (Å²) in [5, 5.41) is 5.01. The maximum atomic E-state index is 12.3. The summed E-state index contributed by atoms with van der Waals surface area (Å²) in [5.74, 6) is -0.623. The van der Waals surface area contributed by atoms with Crippen LogP contribution in [0.3, 0.4) is 0 Å². The van der Waals surface area contributed by atoms with Gasteiger partial charge in [-0.3, -0.25) is 14.5 Å². The van der Waals surface area contributed by atoms with Crippen molar-refractivity contribution in [3.63, 3.8) is 0 Å². The first-order valence-corrected chi connectivity index (χ1v) is 8.56. The van der Waals surface area contributed by atoms with Gasteiger partial charge in [0.15, 0.2) is 0 Å². The molecule has 0 aliphatic carbocycles. The maximum Gasteiger partial charge on any atom is 0.315 e. The number of fused-ring (bicyclic) bond motifs is 1. The minimum Gasteiger partial charge on any atom is -0.365 e. The Morgan fingerprint density at radius 3 is 2.46 bits per heavy atom. The largest absolute Gasteiger partial charge is 0.365 e. The van der Waals surface area contributed by atoms with E-state index in [0.717, 1.165) is 0 Å². The van der Waals surface area contributed by atoms with Crippen molar-refractivity contribution in [2.45, 2.75) is 33.4 Å². The topological polar surface area (TPSA) is 120 Å². The second-order valence-corrected chi connectivity index (χ2v) is 7.82. The first kappa shape index (κ1) is 18.2. The molecular weight excluding hydrogens is 356 g/mol. The highest BCUT2D eigenvalue weighted by Gasteiger charge is 2.42. The SMILES string of the molecule is CC(C)(C)C1c2c(C(N)=O)c(-c3cncc(Cl)c3)nn2CCN1C(N)=O. The summed E-state index contributed by atoms with van der Waals surface area (Å²) in [6.45, 7) is 6.74. The molecule has 138 valence electrons. The molecule has 1 atom stereocenters. The van der Waals surface area contributed by atoms with E-state index in [9.17, 15) is 9.59 Å². The Morgan fingerprint density at radius 2 is 1.92 bits per heavy atom. The summed E-state index contributed by atoms with van der Waals surface area (Å²) >= 11 is 6.04. The van der Waals surface area contributed by atoms with E-state index in [1.807, 2.05) is 20.8 Å². The van der Waals surface area contributed by atoms with Gasteiger partial charge in [0.25, 0.3) is 5.91 Å². The standard InChI is InChI=1S/C17H21ClN6O2/c1-17(2,3)14-13-11(15(19)25)12(9-6-10(18)8-21-7-9)22-24(13)5-4-23(14)16(20)26/h6-8,14H,4-5H2,1-3H3,(H2,19,25)(H2,20,26). The Balaban J connectivity index is 2.29. The van der Waals surface area contributed by atoms with E-state index in [4.69, 9.17) is 23.1 Å². The normalized spacial score (nSPS) is 17.1. The van der Waals surface area contributed by atoms with Crippen LogP contribution in [0.5, 0.6) is 0 Å². The Morgan fingerprint density at radius 1 is 1.23 bits per heavy atom. The summed E-state index contributed by atoms with van der Waals surface area (Å²) in [7, 11) is 0. The number of carbonyl (C=O) groups is 2. The molecule has 26 heavy (non-hydrogen) atoms. The Hall–Kier alpha value is -2.61. The van der Waals surface area contributed by atoms with Crippen LogP contribution < -0.4 is 11.5 Å². The molecule has 0 saturated heterocycles. The van der Waals surface area contributed by atoms with Crippen molar-refractivity contribution >= 4 is 23.5 Å². The number of amides is 3. The smallest absolute Gasteiger partial charge is 0.315 e.